The molecule has 1 aromatic heterocycles. The normalized spacial score (nSPS) is 10.6. The van der Waals surface area contributed by atoms with Gasteiger partial charge in [0, 0.05) is 10.9 Å². The number of methoxy groups -OCH3 is 2. The highest BCUT2D eigenvalue weighted by Gasteiger charge is 2.19. The van der Waals surface area contributed by atoms with Crippen molar-refractivity contribution in [2.75, 3.05) is 19.5 Å². The fourth-order valence-corrected chi connectivity index (χ4v) is 2.47. The van der Waals surface area contributed by atoms with E-state index in [1.807, 2.05) is 25.1 Å². The van der Waals surface area contributed by atoms with E-state index in [-0.39, 0.29) is 11.7 Å². The summed E-state index contributed by atoms with van der Waals surface area (Å²) in [6, 6.07) is 12.7. The first-order chi connectivity index (χ1) is 11.1. The Hall–Kier alpha value is -2.95. The van der Waals surface area contributed by atoms with Crippen molar-refractivity contribution in [1.82, 2.24) is 0 Å². The molecule has 5 nitrogen and oxygen atoms in total. The zero-order chi connectivity index (χ0) is 16.4. The fraction of sp³-hybridized carbons (Fsp3) is 0.167. The Balaban J connectivity index is 1.96. The highest BCUT2D eigenvalue weighted by molar-refractivity contribution is 6.07. The van der Waals surface area contributed by atoms with E-state index in [1.165, 1.54) is 0 Å². The maximum atomic E-state index is 12.5. The molecule has 1 N–H and O–H groups in total. The van der Waals surface area contributed by atoms with Gasteiger partial charge in [-0.15, -0.1) is 0 Å². The van der Waals surface area contributed by atoms with Crippen LogP contribution in [-0.2, 0) is 0 Å². The molecule has 3 aromatic rings. The lowest BCUT2D eigenvalue weighted by atomic mass is 10.1. The summed E-state index contributed by atoms with van der Waals surface area (Å²) in [7, 11) is 3.16. The smallest absolute Gasteiger partial charge is 0.291 e. The van der Waals surface area contributed by atoms with E-state index >= 15 is 0 Å². The summed E-state index contributed by atoms with van der Waals surface area (Å²) in [4.78, 5) is 12.5. The quantitative estimate of drug-likeness (QED) is 0.791. The van der Waals surface area contributed by atoms with Crippen LogP contribution < -0.4 is 14.8 Å². The molecule has 0 bridgehead atoms. The van der Waals surface area contributed by atoms with Crippen LogP contribution in [0.3, 0.4) is 0 Å². The molecule has 0 atom stereocenters. The van der Waals surface area contributed by atoms with Gasteiger partial charge < -0.3 is 19.2 Å². The van der Waals surface area contributed by atoms with Crippen molar-refractivity contribution in [1.29, 1.82) is 0 Å². The Morgan fingerprint density at radius 1 is 1.09 bits per heavy atom. The van der Waals surface area contributed by atoms with E-state index < -0.39 is 0 Å². The molecule has 0 saturated carbocycles. The fourth-order valence-electron chi connectivity index (χ4n) is 2.47. The number of nitrogens with one attached hydrogen (secondary N) is 1. The van der Waals surface area contributed by atoms with Gasteiger partial charge in [0.05, 0.1) is 19.9 Å². The third-order valence-corrected chi connectivity index (χ3v) is 3.70. The van der Waals surface area contributed by atoms with Crippen LogP contribution >= 0.6 is 0 Å². The number of hydrogen-bond donors (Lipinski definition) is 1. The van der Waals surface area contributed by atoms with Crippen molar-refractivity contribution >= 4 is 22.6 Å². The first-order valence-corrected chi connectivity index (χ1v) is 7.15. The largest absolute Gasteiger partial charge is 0.497 e. The summed E-state index contributed by atoms with van der Waals surface area (Å²) in [5, 5.41) is 3.68. The molecule has 1 amide bonds. The Bertz CT molecular complexity index is 867. The van der Waals surface area contributed by atoms with Gasteiger partial charge in [0.25, 0.3) is 5.91 Å². The zero-order valence-corrected chi connectivity index (χ0v) is 13.2. The number of carbonyl (C=O) groups is 1. The molecule has 0 aliphatic rings. The lowest BCUT2D eigenvalue weighted by Gasteiger charge is -2.08. The molecular formula is C18H17NO4. The number of hydrogen-bond acceptors (Lipinski definition) is 4. The maximum absolute atomic E-state index is 12.5. The van der Waals surface area contributed by atoms with Crippen LogP contribution in [-0.4, -0.2) is 20.1 Å². The number of amides is 1. The second-order valence-electron chi connectivity index (χ2n) is 5.07. The van der Waals surface area contributed by atoms with Crippen molar-refractivity contribution in [3.63, 3.8) is 0 Å². The Kier molecular flexibility index (Phi) is 3.93. The van der Waals surface area contributed by atoms with Gasteiger partial charge in [-0.3, -0.25) is 4.79 Å². The van der Waals surface area contributed by atoms with Gasteiger partial charge in [0.15, 0.2) is 5.76 Å². The Morgan fingerprint density at radius 3 is 2.61 bits per heavy atom. The van der Waals surface area contributed by atoms with Crippen LogP contribution in [0.2, 0.25) is 0 Å². The Morgan fingerprint density at radius 2 is 1.87 bits per heavy atom. The molecule has 0 radical (unpaired) electrons. The summed E-state index contributed by atoms with van der Waals surface area (Å²) in [5.41, 5.74) is 2.01. The topological polar surface area (TPSA) is 60.7 Å². The molecule has 118 valence electrons. The van der Waals surface area contributed by atoms with Crippen LogP contribution in [0.15, 0.2) is 46.9 Å². The van der Waals surface area contributed by atoms with Gasteiger partial charge in [-0.05, 0) is 37.3 Å². The van der Waals surface area contributed by atoms with Crippen LogP contribution in [0.5, 0.6) is 11.5 Å². The lowest BCUT2D eigenvalue weighted by Crippen LogP contribution is -2.12. The van der Waals surface area contributed by atoms with E-state index in [2.05, 4.69) is 5.32 Å². The molecule has 5 heteroatoms. The van der Waals surface area contributed by atoms with Crippen molar-refractivity contribution in [3.05, 3.63) is 53.8 Å². The van der Waals surface area contributed by atoms with Crippen molar-refractivity contribution in [2.24, 2.45) is 0 Å². The highest BCUT2D eigenvalue weighted by atomic mass is 16.5. The predicted octanol–water partition coefficient (Wildman–Crippen LogP) is 4.01. The van der Waals surface area contributed by atoms with Gasteiger partial charge >= 0.3 is 0 Å². The lowest BCUT2D eigenvalue weighted by molar-refractivity contribution is 0.0997. The number of rotatable bonds is 4. The van der Waals surface area contributed by atoms with Crippen molar-refractivity contribution in [3.8, 4) is 11.5 Å². The van der Waals surface area contributed by atoms with Crippen LogP contribution in [0.4, 0.5) is 5.69 Å². The van der Waals surface area contributed by atoms with Gasteiger partial charge in [0.1, 0.15) is 17.1 Å². The van der Waals surface area contributed by atoms with Crippen LogP contribution in [0, 0.1) is 6.92 Å². The summed E-state index contributed by atoms with van der Waals surface area (Å²) < 4.78 is 16.2. The minimum absolute atomic E-state index is 0.277. The van der Waals surface area contributed by atoms with E-state index in [1.54, 1.807) is 38.5 Å². The zero-order valence-electron chi connectivity index (χ0n) is 13.2. The van der Waals surface area contributed by atoms with Crippen molar-refractivity contribution < 1.29 is 18.7 Å². The second-order valence-corrected chi connectivity index (χ2v) is 5.07. The Labute approximate surface area is 133 Å². The highest BCUT2D eigenvalue weighted by Crippen LogP contribution is 2.30. The molecule has 3 rings (SSSR count). The summed E-state index contributed by atoms with van der Waals surface area (Å²) in [6.45, 7) is 1.85. The summed E-state index contributed by atoms with van der Waals surface area (Å²) in [6.07, 6.45) is 0. The molecule has 23 heavy (non-hydrogen) atoms. The third kappa shape index (κ3) is 2.73. The van der Waals surface area contributed by atoms with E-state index in [9.17, 15) is 4.79 Å². The predicted molar refractivity (Wildman–Crippen MR) is 88.5 cm³/mol. The molecule has 0 spiro atoms. The molecule has 1 heterocycles. The van der Waals surface area contributed by atoms with E-state index in [4.69, 9.17) is 13.9 Å². The van der Waals surface area contributed by atoms with Gasteiger partial charge in [0.2, 0.25) is 0 Å². The number of ether oxygens (including phenoxy) is 2. The molecule has 0 unspecified atom stereocenters. The summed E-state index contributed by atoms with van der Waals surface area (Å²) >= 11 is 0. The number of benzene rings is 2. The third-order valence-electron chi connectivity index (χ3n) is 3.70. The number of furan rings is 1. The van der Waals surface area contributed by atoms with Gasteiger partial charge in [-0.1, -0.05) is 12.1 Å². The average Bonchev–Trinajstić information content (AvgIpc) is 2.91. The van der Waals surface area contributed by atoms with E-state index in [0.717, 1.165) is 16.7 Å². The second kappa shape index (κ2) is 6.04. The van der Waals surface area contributed by atoms with Gasteiger partial charge in [-0.25, -0.2) is 0 Å². The van der Waals surface area contributed by atoms with Crippen LogP contribution in [0.1, 0.15) is 16.1 Å². The first kappa shape index (κ1) is 15.0. The molecular weight excluding hydrogens is 294 g/mol. The molecule has 0 aliphatic heterocycles. The number of fused-ring (bicyclic) bond motifs is 1. The number of para-hydroxylation sites is 2. The van der Waals surface area contributed by atoms with Gasteiger partial charge in [-0.2, -0.15) is 0 Å². The maximum Gasteiger partial charge on any atom is 0.291 e. The minimum Gasteiger partial charge on any atom is -0.497 e. The molecule has 2 aromatic carbocycles. The molecule has 0 aliphatic carbocycles. The molecule has 0 fully saturated rings. The monoisotopic (exact) mass is 311 g/mol. The average molecular weight is 311 g/mol. The van der Waals surface area contributed by atoms with Crippen LogP contribution in [0.25, 0.3) is 11.0 Å². The SMILES string of the molecule is COc1ccc2oc(C(=O)Nc3ccccc3OC)c(C)c2c1. The molecule has 0 saturated heterocycles. The summed E-state index contributed by atoms with van der Waals surface area (Å²) in [5.74, 6) is 1.27. The number of aryl methyl sites for hydroxylation is 1. The number of carbonyl (C=O) groups excluding carboxylic acids is 1. The minimum atomic E-state index is -0.317. The standard InChI is InChI=1S/C18H17NO4/c1-11-13-10-12(21-2)8-9-15(13)23-17(11)18(20)19-14-6-4-5-7-16(14)22-3/h4-10H,1-3H3,(H,19,20). The van der Waals surface area contributed by atoms with E-state index in [0.29, 0.717) is 17.0 Å². The first-order valence-electron chi connectivity index (χ1n) is 7.15. The number of anilines is 1. The van der Waals surface area contributed by atoms with Crippen molar-refractivity contribution in [2.45, 2.75) is 6.92 Å².